The zero-order valence-electron chi connectivity index (χ0n) is 17.4. The van der Waals surface area contributed by atoms with Crippen LogP contribution in [-0.4, -0.2) is 22.0 Å². The van der Waals surface area contributed by atoms with Crippen molar-refractivity contribution in [1.82, 2.24) is 9.55 Å². The van der Waals surface area contributed by atoms with Gasteiger partial charge in [0.15, 0.2) is 11.4 Å². The van der Waals surface area contributed by atoms with Gasteiger partial charge >= 0.3 is 5.69 Å². The second-order valence-electron chi connectivity index (χ2n) is 8.08. The van der Waals surface area contributed by atoms with E-state index in [9.17, 15) is 14.4 Å². The van der Waals surface area contributed by atoms with Crippen molar-refractivity contribution < 1.29 is 9.21 Å². The molecule has 0 aliphatic rings. The summed E-state index contributed by atoms with van der Waals surface area (Å²) in [6, 6.07) is 7.12. The Morgan fingerprint density at radius 1 is 1.23 bits per heavy atom. The summed E-state index contributed by atoms with van der Waals surface area (Å²) in [5.74, 6) is -0.305. The largest absolute Gasteiger partial charge is 0.450 e. The van der Waals surface area contributed by atoms with Crippen LogP contribution in [0.25, 0.3) is 11.0 Å². The average molecular weight is 477 g/mol. The molecule has 0 aliphatic carbocycles. The number of aromatic nitrogens is 2. The van der Waals surface area contributed by atoms with Crippen molar-refractivity contribution in [3.8, 4) is 0 Å². The lowest BCUT2D eigenvalue weighted by Gasteiger charge is -2.25. The van der Waals surface area contributed by atoms with E-state index >= 15 is 0 Å². The summed E-state index contributed by atoms with van der Waals surface area (Å²) < 4.78 is 7.79. The molecule has 2 heterocycles. The predicted octanol–water partition coefficient (Wildman–Crippen LogP) is 3.59. The number of anilines is 2. The summed E-state index contributed by atoms with van der Waals surface area (Å²) in [7, 11) is 0. The third-order valence-corrected chi connectivity index (χ3v) is 5.16. The van der Waals surface area contributed by atoms with Crippen LogP contribution in [0.15, 0.2) is 42.7 Å². The highest BCUT2D eigenvalue weighted by atomic mass is 79.9. The lowest BCUT2D eigenvalue weighted by molar-refractivity contribution is 0.0959. The molecule has 160 valence electrons. The third kappa shape index (κ3) is 4.21. The fraction of sp³-hybridized carbons (Fsp3) is 0.381. The maximum Gasteiger partial charge on any atom is 0.330 e. The third-order valence-electron chi connectivity index (χ3n) is 4.53. The number of carbonyl (C=O) groups excluding carboxylic acids is 1. The number of fused-ring (bicyclic) bond motifs is 1. The van der Waals surface area contributed by atoms with Gasteiger partial charge < -0.3 is 10.2 Å². The van der Waals surface area contributed by atoms with Crippen LogP contribution in [0.2, 0.25) is 0 Å². The van der Waals surface area contributed by atoms with Gasteiger partial charge in [-0.3, -0.25) is 24.0 Å². The molecule has 1 amide bonds. The summed E-state index contributed by atoms with van der Waals surface area (Å²) >= 11 is 3.41. The molecule has 2 aromatic heterocycles. The fourth-order valence-electron chi connectivity index (χ4n) is 3.29. The van der Waals surface area contributed by atoms with E-state index in [1.54, 1.807) is 6.07 Å². The van der Waals surface area contributed by atoms with Crippen LogP contribution in [-0.2, 0) is 6.54 Å². The number of nitrogen functional groups attached to an aromatic ring is 1. The number of rotatable bonds is 6. The first-order chi connectivity index (χ1) is 14.1. The van der Waals surface area contributed by atoms with Gasteiger partial charge in [0.2, 0.25) is 0 Å². The first-order valence-electron chi connectivity index (χ1n) is 9.72. The molecule has 0 spiro atoms. The first-order valence-corrected chi connectivity index (χ1v) is 10.5. The van der Waals surface area contributed by atoms with Crippen molar-refractivity contribution in [1.29, 1.82) is 0 Å². The van der Waals surface area contributed by atoms with Gasteiger partial charge in [0.05, 0.1) is 4.47 Å². The Morgan fingerprint density at radius 3 is 2.53 bits per heavy atom. The van der Waals surface area contributed by atoms with E-state index in [4.69, 9.17) is 10.2 Å². The van der Waals surface area contributed by atoms with E-state index in [1.165, 1.54) is 9.47 Å². The molecule has 0 saturated heterocycles. The monoisotopic (exact) mass is 476 g/mol. The Labute approximate surface area is 181 Å². The summed E-state index contributed by atoms with van der Waals surface area (Å²) in [6.07, 6.45) is 0. The van der Waals surface area contributed by atoms with E-state index in [1.807, 2.05) is 45.9 Å². The van der Waals surface area contributed by atoms with Crippen LogP contribution < -0.4 is 21.9 Å². The van der Waals surface area contributed by atoms with E-state index < -0.39 is 17.2 Å². The number of nitrogens with two attached hydrogens (primary N) is 1. The first kappa shape index (κ1) is 21.9. The van der Waals surface area contributed by atoms with Gasteiger partial charge in [-0.05, 0) is 39.9 Å². The van der Waals surface area contributed by atoms with Crippen molar-refractivity contribution in [2.75, 3.05) is 17.2 Å². The molecule has 0 aliphatic heterocycles. The molecule has 3 N–H and O–H groups in total. The van der Waals surface area contributed by atoms with Crippen LogP contribution in [0.1, 0.15) is 38.2 Å². The van der Waals surface area contributed by atoms with Crippen LogP contribution in [0, 0.1) is 11.8 Å². The van der Waals surface area contributed by atoms with Gasteiger partial charge in [0.1, 0.15) is 11.4 Å². The second kappa shape index (κ2) is 8.51. The van der Waals surface area contributed by atoms with Crippen LogP contribution in [0.5, 0.6) is 0 Å². The van der Waals surface area contributed by atoms with Gasteiger partial charge in [-0.1, -0.05) is 39.8 Å². The number of halogens is 1. The quantitative estimate of drug-likeness (QED) is 0.563. The molecule has 1 aromatic carbocycles. The highest BCUT2D eigenvalue weighted by molar-refractivity contribution is 9.10. The van der Waals surface area contributed by atoms with Crippen LogP contribution in [0.4, 0.5) is 11.5 Å². The Balaban J connectivity index is 2.17. The maximum absolute atomic E-state index is 13.4. The minimum Gasteiger partial charge on any atom is -0.450 e. The zero-order chi connectivity index (χ0) is 22.2. The number of hydrogen-bond acceptors (Lipinski definition) is 5. The SMILES string of the molecule is CC(C)CN(C(=O)c1cc2cccc(Br)c2o1)c1c(N)n(CC(C)C)c(=O)[nH]c1=O. The van der Waals surface area contributed by atoms with Crippen molar-refractivity contribution in [3.63, 3.8) is 0 Å². The molecule has 0 saturated carbocycles. The normalized spacial score (nSPS) is 11.6. The molecule has 8 nitrogen and oxygen atoms in total. The number of aromatic amines is 1. The average Bonchev–Trinajstić information content (AvgIpc) is 3.09. The number of benzene rings is 1. The predicted molar refractivity (Wildman–Crippen MR) is 121 cm³/mol. The summed E-state index contributed by atoms with van der Waals surface area (Å²) in [6.45, 7) is 8.24. The van der Waals surface area contributed by atoms with Crippen molar-refractivity contribution in [3.05, 3.63) is 55.3 Å². The lowest BCUT2D eigenvalue weighted by Crippen LogP contribution is -2.43. The van der Waals surface area contributed by atoms with E-state index in [0.29, 0.717) is 12.1 Å². The Hall–Kier alpha value is -2.81. The Kier molecular flexibility index (Phi) is 6.21. The van der Waals surface area contributed by atoms with Gasteiger partial charge in [0.25, 0.3) is 11.5 Å². The molecule has 0 unspecified atom stereocenters. The number of amides is 1. The number of carbonyl (C=O) groups is 1. The van der Waals surface area contributed by atoms with Gasteiger partial charge in [-0.15, -0.1) is 0 Å². The zero-order valence-corrected chi connectivity index (χ0v) is 18.9. The summed E-state index contributed by atoms with van der Waals surface area (Å²) in [5, 5.41) is 0.754. The minimum atomic E-state index is -0.705. The van der Waals surface area contributed by atoms with Gasteiger partial charge in [-0.25, -0.2) is 4.79 Å². The number of nitrogens with one attached hydrogen (secondary N) is 1. The number of hydrogen-bond donors (Lipinski definition) is 2. The fourth-order valence-corrected chi connectivity index (χ4v) is 3.75. The molecular formula is C21H25BrN4O4. The van der Waals surface area contributed by atoms with Crippen molar-refractivity contribution >= 4 is 44.3 Å². The molecule has 0 radical (unpaired) electrons. The smallest absolute Gasteiger partial charge is 0.330 e. The van der Waals surface area contributed by atoms with E-state index in [2.05, 4.69) is 20.9 Å². The van der Waals surface area contributed by atoms with E-state index in [0.717, 1.165) is 9.86 Å². The number of H-pyrrole nitrogens is 1. The van der Waals surface area contributed by atoms with E-state index in [-0.39, 0.29) is 35.6 Å². The Morgan fingerprint density at radius 2 is 1.93 bits per heavy atom. The molecule has 3 aromatic rings. The molecule has 0 atom stereocenters. The molecule has 30 heavy (non-hydrogen) atoms. The molecule has 9 heteroatoms. The highest BCUT2D eigenvalue weighted by Crippen LogP contribution is 2.29. The molecule has 0 bridgehead atoms. The maximum atomic E-state index is 13.4. The highest BCUT2D eigenvalue weighted by Gasteiger charge is 2.28. The van der Waals surface area contributed by atoms with Crippen molar-refractivity contribution in [2.45, 2.75) is 34.2 Å². The van der Waals surface area contributed by atoms with Crippen LogP contribution >= 0.6 is 15.9 Å². The topological polar surface area (TPSA) is 114 Å². The molecule has 0 fully saturated rings. The number of furan rings is 1. The number of nitrogens with zero attached hydrogens (tertiary/aromatic N) is 2. The minimum absolute atomic E-state index is 0.0364. The molecular weight excluding hydrogens is 452 g/mol. The van der Waals surface area contributed by atoms with Crippen LogP contribution in [0.3, 0.4) is 0 Å². The summed E-state index contributed by atoms with van der Waals surface area (Å²) in [5.41, 5.74) is 5.42. The molecule has 3 rings (SSSR count). The Bertz CT molecular complexity index is 1210. The number of para-hydroxylation sites is 1. The standard InChI is InChI=1S/C21H25BrN4O4/c1-11(2)9-25(16-18(23)26(10-12(3)4)21(29)24-19(16)27)20(28)15-8-13-6-5-7-14(22)17(13)30-15/h5-8,11-12H,9-10,23H2,1-4H3,(H,24,27,29). The lowest BCUT2D eigenvalue weighted by atomic mass is 10.1. The van der Waals surface area contributed by atoms with Gasteiger partial charge in [0, 0.05) is 18.5 Å². The summed E-state index contributed by atoms with van der Waals surface area (Å²) in [4.78, 5) is 42.0. The van der Waals surface area contributed by atoms with Crippen molar-refractivity contribution in [2.24, 2.45) is 11.8 Å². The van der Waals surface area contributed by atoms with Gasteiger partial charge in [-0.2, -0.15) is 0 Å². The second-order valence-corrected chi connectivity index (χ2v) is 8.93.